The number of aromatic nitrogens is 1. The maximum absolute atomic E-state index is 11.7. The van der Waals surface area contributed by atoms with Crippen LogP contribution in [0.5, 0.6) is 0 Å². The fraction of sp³-hybridized carbons (Fsp3) is 0.0833. The molecule has 4 N–H and O–H groups in total. The van der Waals surface area contributed by atoms with Crippen LogP contribution in [0.2, 0.25) is 0 Å². The van der Waals surface area contributed by atoms with Crippen LogP contribution in [0.4, 0.5) is 0 Å². The zero-order valence-electron chi connectivity index (χ0n) is 9.50. The molecule has 1 amide bonds. The van der Waals surface area contributed by atoms with Gasteiger partial charge in [-0.3, -0.25) is 4.79 Å². The minimum Gasteiger partial charge on any atom is -0.409 e. The molecule has 0 fully saturated rings. The predicted octanol–water partition coefficient (Wildman–Crippen LogP) is 0.711. The van der Waals surface area contributed by atoms with Gasteiger partial charge in [-0.15, -0.1) is 0 Å². The summed E-state index contributed by atoms with van der Waals surface area (Å²) in [7, 11) is 0. The molecule has 0 unspecified atom stereocenters. The maximum atomic E-state index is 11.7. The topological polar surface area (TPSA) is 101 Å². The van der Waals surface area contributed by atoms with Crippen molar-refractivity contribution in [2.45, 2.75) is 0 Å². The highest BCUT2D eigenvalue weighted by Crippen LogP contribution is 2.11. The second-order valence-corrected chi connectivity index (χ2v) is 3.66. The van der Waals surface area contributed by atoms with Crippen LogP contribution in [0.1, 0.15) is 10.5 Å². The van der Waals surface area contributed by atoms with E-state index in [1.165, 1.54) is 0 Å². The van der Waals surface area contributed by atoms with E-state index in [-0.39, 0.29) is 18.3 Å². The van der Waals surface area contributed by atoms with Crippen LogP contribution in [0.3, 0.4) is 0 Å². The van der Waals surface area contributed by atoms with E-state index in [0.29, 0.717) is 5.69 Å². The quantitative estimate of drug-likeness (QED) is 0.320. The van der Waals surface area contributed by atoms with Gasteiger partial charge in [0.1, 0.15) is 5.69 Å². The number of carbonyl (C=O) groups excluding carboxylic acids is 1. The van der Waals surface area contributed by atoms with E-state index in [2.05, 4.69) is 15.5 Å². The van der Waals surface area contributed by atoms with Crippen molar-refractivity contribution in [2.75, 3.05) is 6.54 Å². The van der Waals surface area contributed by atoms with Gasteiger partial charge in [0.05, 0.1) is 12.1 Å². The van der Waals surface area contributed by atoms with E-state index >= 15 is 0 Å². The third kappa shape index (κ3) is 2.54. The second kappa shape index (κ2) is 5.13. The van der Waals surface area contributed by atoms with Crippen molar-refractivity contribution in [2.24, 2.45) is 10.9 Å². The van der Waals surface area contributed by atoms with Crippen LogP contribution in [0.15, 0.2) is 41.6 Å². The lowest BCUT2D eigenvalue weighted by atomic mass is 10.2. The number of nitrogens with zero attached hydrogens (tertiary/aromatic N) is 2. The first kappa shape index (κ1) is 11.8. The maximum Gasteiger partial charge on any atom is 0.270 e. The van der Waals surface area contributed by atoms with Crippen molar-refractivity contribution in [1.82, 2.24) is 10.3 Å². The van der Waals surface area contributed by atoms with Gasteiger partial charge in [-0.25, -0.2) is 4.98 Å². The molecule has 2 aromatic rings. The molecule has 0 aliphatic carbocycles. The Labute approximate surface area is 103 Å². The number of oxime groups is 1. The number of carbonyl (C=O) groups is 1. The number of hydrogen-bond donors (Lipinski definition) is 3. The first-order valence-electron chi connectivity index (χ1n) is 5.31. The molecular weight excluding hydrogens is 232 g/mol. The summed E-state index contributed by atoms with van der Waals surface area (Å²) in [5.41, 5.74) is 6.29. The molecule has 92 valence electrons. The second-order valence-electron chi connectivity index (χ2n) is 3.66. The summed E-state index contributed by atoms with van der Waals surface area (Å²) in [5.74, 6) is -0.434. The Morgan fingerprint density at radius 1 is 1.33 bits per heavy atom. The first-order chi connectivity index (χ1) is 8.70. The number of amidine groups is 1. The summed E-state index contributed by atoms with van der Waals surface area (Å²) in [6.07, 6.45) is 0. The summed E-state index contributed by atoms with van der Waals surface area (Å²) in [6.45, 7) is -0.0240. The van der Waals surface area contributed by atoms with Gasteiger partial charge in [-0.2, -0.15) is 0 Å². The number of amides is 1. The molecule has 0 bridgehead atoms. The van der Waals surface area contributed by atoms with Crippen molar-refractivity contribution in [3.05, 3.63) is 42.1 Å². The highest BCUT2D eigenvalue weighted by atomic mass is 16.4. The number of rotatable bonds is 3. The molecule has 0 aliphatic heterocycles. The zero-order chi connectivity index (χ0) is 13.0. The monoisotopic (exact) mass is 244 g/mol. The summed E-state index contributed by atoms with van der Waals surface area (Å²) in [6, 6.07) is 11.0. The number of benzene rings is 1. The number of nitrogens with two attached hydrogens (primary N) is 1. The summed E-state index contributed by atoms with van der Waals surface area (Å²) in [5, 5.41) is 14.6. The van der Waals surface area contributed by atoms with E-state index in [4.69, 9.17) is 10.9 Å². The zero-order valence-corrected chi connectivity index (χ0v) is 9.50. The number of para-hydroxylation sites is 1. The smallest absolute Gasteiger partial charge is 0.270 e. The SMILES string of the molecule is N/C(CNC(=O)c1ccc2ccccc2n1)=N\O. The van der Waals surface area contributed by atoms with Gasteiger partial charge in [-0.1, -0.05) is 29.4 Å². The number of hydrogen-bond acceptors (Lipinski definition) is 4. The van der Waals surface area contributed by atoms with Gasteiger partial charge in [-0.05, 0) is 12.1 Å². The summed E-state index contributed by atoms with van der Waals surface area (Å²) >= 11 is 0. The Bertz CT molecular complexity index is 610. The molecule has 6 nitrogen and oxygen atoms in total. The van der Waals surface area contributed by atoms with E-state index in [1.807, 2.05) is 30.3 Å². The standard InChI is InChI=1S/C12H12N4O2/c13-11(16-18)7-14-12(17)10-6-5-8-3-1-2-4-9(8)15-10/h1-6,18H,7H2,(H2,13,16)(H,14,17). The number of fused-ring (bicyclic) bond motifs is 1. The third-order valence-corrected chi connectivity index (χ3v) is 2.39. The summed E-state index contributed by atoms with van der Waals surface area (Å²) < 4.78 is 0. The van der Waals surface area contributed by atoms with Crippen LogP contribution < -0.4 is 11.1 Å². The van der Waals surface area contributed by atoms with Crippen molar-refractivity contribution in [1.29, 1.82) is 0 Å². The van der Waals surface area contributed by atoms with Gasteiger partial charge in [0.2, 0.25) is 0 Å². The largest absolute Gasteiger partial charge is 0.409 e. The predicted molar refractivity (Wildman–Crippen MR) is 67.5 cm³/mol. The molecule has 0 spiro atoms. The van der Waals surface area contributed by atoms with Crippen molar-refractivity contribution in [3.63, 3.8) is 0 Å². The average molecular weight is 244 g/mol. The fourth-order valence-corrected chi connectivity index (χ4v) is 1.49. The molecule has 0 atom stereocenters. The molecule has 1 aromatic heterocycles. The van der Waals surface area contributed by atoms with Crippen LogP contribution in [0.25, 0.3) is 10.9 Å². The van der Waals surface area contributed by atoms with Crippen LogP contribution in [0, 0.1) is 0 Å². The average Bonchev–Trinajstić information content (AvgIpc) is 2.43. The Morgan fingerprint density at radius 3 is 2.89 bits per heavy atom. The lowest BCUT2D eigenvalue weighted by Crippen LogP contribution is -2.33. The van der Waals surface area contributed by atoms with Crippen LogP contribution in [-0.4, -0.2) is 28.5 Å². The minimum absolute atomic E-state index is 0.0240. The Morgan fingerprint density at radius 2 is 2.11 bits per heavy atom. The minimum atomic E-state index is -0.368. The molecule has 2 rings (SSSR count). The molecule has 0 radical (unpaired) electrons. The van der Waals surface area contributed by atoms with E-state index in [9.17, 15) is 4.79 Å². The Kier molecular flexibility index (Phi) is 3.38. The number of pyridine rings is 1. The molecule has 0 aliphatic rings. The third-order valence-electron chi connectivity index (χ3n) is 2.39. The molecule has 18 heavy (non-hydrogen) atoms. The van der Waals surface area contributed by atoms with Crippen molar-refractivity contribution < 1.29 is 10.0 Å². The van der Waals surface area contributed by atoms with Gasteiger partial charge in [0.25, 0.3) is 5.91 Å². The van der Waals surface area contributed by atoms with Crippen LogP contribution in [-0.2, 0) is 0 Å². The van der Waals surface area contributed by atoms with Crippen molar-refractivity contribution in [3.8, 4) is 0 Å². The normalized spacial score (nSPS) is 11.4. The summed E-state index contributed by atoms with van der Waals surface area (Å²) in [4.78, 5) is 16.0. The molecule has 6 heteroatoms. The van der Waals surface area contributed by atoms with E-state index in [1.54, 1.807) is 6.07 Å². The lowest BCUT2D eigenvalue weighted by molar-refractivity contribution is 0.0954. The molecule has 0 saturated heterocycles. The molecule has 1 heterocycles. The Hall–Kier alpha value is -2.63. The fourth-order valence-electron chi connectivity index (χ4n) is 1.49. The van der Waals surface area contributed by atoms with Gasteiger partial charge in [0.15, 0.2) is 5.84 Å². The van der Waals surface area contributed by atoms with E-state index in [0.717, 1.165) is 10.9 Å². The highest BCUT2D eigenvalue weighted by Gasteiger charge is 2.08. The Balaban J connectivity index is 2.18. The lowest BCUT2D eigenvalue weighted by Gasteiger charge is -2.04. The molecule has 1 aromatic carbocycles. The van der Waals surface area contributed by atoms with Gasteiger partial charge in [0, 0.05) is 5.39 Å². The van der Waals surface area contributed by atoms with Gasteiger partial charge >= 0.3 is 0 Å². The van der Waals surface area contributed by atoms with Crippen molar-refractivity contribution >= 4 is 22.6 Å². The first-order valence-corrected chi connectivity index (χ1v) is 5.31. The molecular formula is C12H12N4O2. The molecule has 0 saturated carbocycles. The van der Waals surface area contributed by atoms with E-state index < -0.39 is 0 Å². The number of nitrogens with one attached hydrogen (secondary N) is 1. The highest BCUT2D eigenvalue weighted by molar-refractivity contribution is 5.97. The van der Waals surface area contributed by atoms with Gasteiger partial charge < -0.3 is 16.3 Å². The van der Waals surface area contributed by atoms with Crippen LogP contribution >= 0.6 is 0 Å².